The molecular formula is C29H48N2O6. The van der Waals surface area contributed by atoms with E-state index in [1.54, 1.807) is 17.9 Å². The van der Waals surface area contributed by atoms with Gasteiger partial charge in [0, 0.05) is 12.1 Å². The van der Waals surface area contributed by atoms with Crippen molar-refractivity contribution in [3.8, 4) is 0 Å². The van der Waals surface area contributed by atoms with Crippen LogP contribution in [-0.4, -0.2) is 81.8 Å². The van der Waals surface area contributed by atoms with Crippen molar-refractivity contribution in [3.63, 3.8) is 0 Å². The summed E-state index contributed by atoms with van der Waals surface area (Å²) >= 11 is 0. The molecule has 210 valence electrons. The van der Waals surface area contributed by atoms with Crippen molar-refractivity contribution < 1.29 is 29.0 Å². The van der Waals surface area contributed by atoms with Crippen LogP contribution in [0.2, 0.25) is 0 Å². The highest BCUT2D eigenvalue weighted by atomic mass is 16.6. The molecule has 1 spiro atoms. The smallest absolute Gasteiger partial charge is 0.312 e. The van der Waals surface area contributed by atoms with Crippen LogP contribution in [0, 0.1) is 23.2 Å². The lowest BCUT2D eigenvalue weighted by atomic mass is 9.70. The second kappa shape index (κ2) is 10.7. The van der Waals surface area contributed by atoms with Gasteiger partial charge in [-0.15, -0.1) is 6.58 Å². The summed E-state index contributed by atoms with van der Waals surface area (Å²) in [5, 5.41) is 10.4. The molecule has 6 atom stereocenters. The number of hydrogen-bond donors (Lipinski definition) is 1. The molecule has 2 bridgehead atoms. The Morgan fingerprint density at radius 2 is 1.95 bits per heavy atom. The van der Waals surface area contributed by atoms with E-state index >= 15 is 0 Å². The number of nitrogens with zero attached hydrogens (tertiary/aromatic N) is 2. The number of fused-ring (bicyclic) bond motifs is 1. The molecule has 0 aromatic heterocycles. The van der Waals surface area contributed by atoms with Crippen LogP contribution in [0.5, 0.6) is 0 Å². The van der Waals surface area contributed by atoms with Crippen LogP contribution < -0.4 is 0 Å². The van der Waals surface area contributed by atoms with Crippen LogP contribution in [0.1, 0.15) is 81.1 Å². The first-order valence-corrected chi connectivity index (χ1v) is 13.8. The van der Waals surface area contributed by atoms with E-state index in [9.17, 15) is 19.5 Å². The van der Waals surface area contributed by atoms with E-state index in [2.05, 4.69) is 27.4 Å². The van der Waals surface area contributed by atoms with Gasteiger partial charge < -0.3 is 24.4 Å². The maximum Gasteiger partial charge on any atom is 0.312 e. The Labute approximate surface area is 222 Å². The summed E-state index contributed by atoms with van der Waals surface area (Å²) < 4.78 is 11.9. The highest BCUT2D eigenvalue weighted by molar-refractivity contribution is 5.98. The molecule has 8 heteroatoms. The van der Waals surface area contributed by atoms with Crippen molar-refractivity contribution in [2.24, 2.45) is 23.2 Å². The van der Waals surface area contributed by atoms with E-state index in [1.165, 1.54) is 0 Å². The Hall–Kier alpha value is -1.93. The Balaban J connectivity index is 2.13. The third kappa shape index (κ3) is 5.33. The first kappa shape index (κ1) is 29.6. The average Bonchev–Trinajstić information content (AvgIpc) is 3.41. The lowest BCUT2D eigenvalue weighted by Gasteiger charge is -2.46. The molecule has 3 rings (SSSR count). The molecule has 3 saturated heterocycles. The van der Waals surface area contributed by atoms with Crippen molar-refractivity contribution in [2.75, 3.05) is 19.8 Å². The molecule has 0 aromatic rings. The van der Waals surface area contributed by atoms with Gasteiger partial charge in [0.25, 0.3) is 0 Å². The molecule has 0 radical (unpaired) electrons. The lowest BCUT2D eigenvalue weighted by Crippen LogP contribution is -2.62. The molecular weight excluding hydrogens is 472 g/mol. The number of likely N-dealkylation sites (tertiary alicyclic amines) is 1. The number of rotatable bonds is 11. The zero-order valence-corrected chi connectivity index (χ0v) is 24.1. The Kier molecular flexibility index (Phi) is 8.55. The summed E-state index contributed by atoms with van der Waals surface area (Å²) in [4.78, 5) is 45.3. The van der Waals surface area contributed by atoms with E-state index < -0.39 is 47.1 Å². The van der Waals surface area contributed by atoms with Crippen LogP contribution in [0.3, 0.4) is 0 Å². The van der Waals surface area contributed by atoms with Crippen molar-refractivity contribution in [2.45, 2.75) is 110 Å². The van der Waals surface area contributed by atoms with E-state index in [0.29, 0.717) is 25.8 Å². The van der Waals surface area contributed by atoms with E-state index in [0.717, 1.165) is 6.42 Å². The Morgan fingerprint density at radius 1 is 1.30 bits per heavy atom. The molecule has 3 aliphatic heterocycles. The zero-order valence-electron chi connectivity index (χ0n) is 24.1. The van der Waals surface area contributed by atoms with Crippen molar-refractivity contribution in [1.82, 2.24) is 9.80 Å². The van der Waals surface area contributed by atoms with Gasteiger partial charge in [-0.25, -0.2) is 0 Å². The number of ether oxygens (including phenoxy) is 2. The van der Waals surface area contributed by atoms with Gasteiger partial charge in [-0.2, -0.15) is 0 Å². The molecule has 0 aliphatic carbocycles. The van der Waals surface area contributed by atoms with Gasteiger partial charge in [-0.05, 0) is 57.8 Å². The lowest BCUT2D eigenvalue weighted by molar-refractivity contribution is -0.158. The summed E-state index contributed by atoms with van der Waals surface area (Å²) in [5.41, 5.74) is -1.69. The molecule has 2 amide bonds. The first-order chi connectivity index (χ1) is 17.1. The minimum atomic E-state index is -1.11. The highest BCUT2D eigenvalue weighted by Crippen LogP contribution is 2.59. The first-order valence-electron chi connectivity index (χ1n) is 13.8. The van der Waals surface area contributed by atoms with E-state index in [1.807, 2.05) is 32.6 Å². The van der Waals surface area contributed by atoms with Gasteiger partial charge in [0.2, 0.25) is 11.8 Å². The standard InChI is InChI=1S/C29H48N2O6/c1-10-14-30(28(8,9)17-27(5,6)7)25(34)23-29-13-12-20(37-29)21(26(35)36-11-2)22(29)24(33)31(23)19(16-32)15-18(3)4/h10,18-23,32H,1,11-17H2,2-9H3/t19-,20+,21-,22-,23+,29-/m1/s1. The quantitative estimate of drug-likeness (QED) is 0.331. The number of hydrogen-bond acceptors (Lipinski definition) is 6. The molecule has 3 aliphatic rings. The van der Waals surface area contributed by atoms with Gasteiger partial charge in [-0.1, -0.05) is 40.7 Å². The minimum absolute atomic E-state index is 0.0439. The molecule has 0 unspecified atom stereocenters. The summed E-state index contributed by atoms with van der Waals surface area (Å²) in [6.07, 6.45) is 3.64. The van der Waals surface area contributed by atoms with E-state index in [4.69, 9.17) is 9.47 Å². The monoisotopic (exact) mass is 520 g/mol. The van der Waals surface area contributed by atoms with Crippen LogP contribution in [-0.2, 0) is 23.9 Å². The molecule has 1 N–H and O–H groups in total. The fourth-order valence-electron chi connectivity index (χ4n) is 7.40. The third-order valence-electron chi connectivity index (χ3n) is 8.15. The summed E-state index contributed by atoms with van der Waals surface area (Å²) in [5.74, 6) is -2.28. The van der Waals surface area contributed by atoms with Crippen LogP contribution in [0.25, 0.3) is 0 Å². The number of carbonyl (C=O) groups excluding carboxylic acids is 3. The summed E-state index contributed by atoms with van der Waals surface area (Å²) in [6, 6.07) is -1.48. The maximum absolute atomic E-state index is 14.7. The number of amides is 2. The molecule has 0 aromatic carbocycles. The number of aliphatic hydroxyl groups excluding tert-OH is 1. The Morgan fingerprint density at radius 3 is 2.46 bits per heavy atom. The molecule has 0 saturated carbocycles. The van der Waals surface area contributed by atoms with Gasteiger partial charge >= 0.3 is 5.97 Å². The third-order valence-corrected chi connectivity index (χ3v) is 8.15. The SMILES string of the molecule is C=CCN(C(=O)[C@@H]1N([C@@H](CO)CC(C)C)C(=O)[C@H]2[C@H](C(=O)OCC)[C@@H]3CC[C@]12O3)C(C)(C)CC(C)(C)C. The summed E-state index contributed by atoms with van der Waals surface area (Å²) in [6.45, 7) is 20.5. The maximum atomic E-state index is 14.7. The zero-order chi connectivity index (χ0) is 27.9. The van der Waals surface area contributed by atoms with E-state index in [-0.39, 0.29) is 36.4 Å². The molecule has 3 heterocycles. The number of esters is 1. The van der Waals surface area contributed by atoms with Gasteiger partial charge in [0.05, 0.1) is 37.2 Å². The second-order valence-electron chi connectivity index (χ2n) is 13.3. The fourth-order valence-corrected chi connectivity index (χ4v) is 7.40. The number of aliphatic hydroxyl groups is 1. The Bertz CT molecular complexity index is 893. The largest absolute Gasteiger partial charge is 0.466 e. The van der Waals surface area contributed by atoms with Gasteiger partial charge in [0.1, 0.15) is 11.6 Å². The van der Waals surface area contributed by atoms with Crippen LogP contribution in [0.15, 0.2) is 12.7 Å². The molecule has 3 fully saturated rings. The van der Waals surface area contributed by atoms with Crippen molar-refractivity contribution >= 4 is 17.8 Å². The van der Waals surface area contributed by atoms with Gasteiger partial charge in [-0.3, -0.25) is 14.4 Å². The average molecular weight is 521 g/mol. The van der Waals surface area contributed by atoms with Crippen LogP contribution >= 0.6 is 0 Å². The number of carbonyl (C=O) groups is 3. The topological polar surface area (TPSA) is 96.4 Å². The van der Waals surface area contributed by atoms with Crippen molar-refractivity contribution in [1.29, 1.82) is 0 Å². The molecule has 8 nitrogen and oxygen atoms in total. The predicted octanol–water partition coefficient (Wildman–Crippen LogP) is 3.56. The van der Waals surface area contributed by atoms with Gasteiger partial charge in [0.15, 0.2) is 0 Å². The van der Waals surface area contributed by atoms with Crippen LogP contribution in [0.4, 0.5) is 0 Å². The minimum Gasteiger partial charge on any atom is -0.466 e. The molecule has 37 heavy (non-hydrogen) atoms. The van der Waals surface area contributed by atoms with Crippen molar-refractivity contribution in [3.05, 3.63) is 12.7 Å². The normalized spacial score (nSPS) is 30.0. The predicted molar refractivity (Wildman–Crippen MR) is 141 cm³/mol. The highest BCUT2D eigenvalue weighted by Gasteiger charge is 2.75. The summed E-state index contributed by atoms with van der Waals surface area (Å²) in [7, 11) is 0. The fraction of sp³-hybridized carbons (Fsp3) is 0.828. The second-order valence-corrected chi connectivity index (χ2v) is 13.3.